The second-order valence-corrected chi connectivity index (χ2v) is 8.44. The number of benzene rings is 1. The average molecular weight is 311 g/mol. The fourth-order valence-corrected chi connectivity index (χ4v) is 4.86. The fourth-order valence-electron chi connectivity index (χ4n) is 2.69. The van der Waals surface area contributed by atoms with Crippen LogP contribution in [0.1, 0.15) is 33.6 Å². The number of hydrogen-bond donors (Lipinski definition) is 0. The Bertz CT molecular complexity index is 355. The van der Waals surface area contributed by atoms with Crippen LogP contribution in [-0.4, -0.2) is 27.7 Å². The Hall–Kier alpha value is -0.301. The van der Waals surface area contributed by atoms with Gasteiger partial charge in [0, 0.05) is 0 Å². The van der Waals surface area contributed by atoms with Gasteiger partial charge in [-0.2, -0.15) is 0 Å². The Morgan fingerprint density at radius 3 is 2.61 bits per heavy atom. The van der Waals surface area contributed by atoms with Crippen molar-refractivity contribution in [3.8, 4) is 0 Å². The maximum absolute atomic E-state index is 6.05. The molecule has 2 heteroatoms. The monoisotopic (exact) mass is 312 g/mol. The number of ether oxygens (including phenoxy) is 1. The molecular formula is C16H24OSe. The summed E-state index contributed by atoms with van der Waals surface area (Å²) in [5.41, 5.74) is 0.373. The molecule has 1 aromatic rings. The third-order valence-corrected chi connectivity index (χ3v) is 6.02. The zero-order chi connectivity index (χ0) is 13.0. The van der Waals surface area contributed by atoms with Gasteiger partial charge in [0.15, 0.2) is 0 Å². The summed E-state index contributed by atoms with van der Waals surface area (Å²) in [6, 6.07) is 10.9. The standard InChI is InChI=1S/C16H24OSe/c1-16(2,3)14-10-7-11-17-15(14)12-18-13-8-5-4-6-9-13/h4-6,8-9,14-15H,7,10-12H2,1-3H3/t14-,15+/m1/s1. The molecule has 1 saturated heterocycles. The predicted octanol–water partition coefficient (Wildman–Crippen LogP) is 3.28. The summed E-state index contributed by atoms with van der Waals surface area (Å²) in [6.45, 7) is 8.03. The third-order valence-electron chi connectivity index (χ3n) is 3.71. The molecular weight excluding hydrogens is 287 g/mol. The van der Waals surface area contributed by atoms with Crippen LogP contribution < -0.4 is 4.46 Å². The van der Waals surface area contributed by atoms with Gasteiger partial charge < -0.3 is 0 Å². The minimum atomic E-state index is 0.373. The molecule has 2 rings (SSSR count). The van der Waals surface area contributed by atoms with Crippen LogP contribution in [0.2, 0.25) is 5.32 Å². The molecule has 0 aromatic heterocycles. The predicted molar refractivity (Wildman–Crippen MR) is 78.6 cm³/mol. The van der Waals surface area contributed by atoms with Crippen LogP contribution in [0.4, 0.5) is 0 Å². The molecule has 1 aliphatic heterocycles. The van der Waals surface area contributed by atoms with Crippen molar-refractivity contribution in [2.24, 2.45) is 11.3 Å². The van der Waals surface area contributed by atoms with Crippen molar-refractivity contribution in [3.05, 3.63) is 30.3 Å². The summed E-state index contributed by atoms with van der Waals surface area (Å²) in [5, 5.41) is 1.22. The van der Waals surface area contributed by atoms with Gasteiger partial charge in [-0.1, -0.05) is 0 Å². The van der Waals surface area contributed by atoms with E-state index in [1.807, 2.05) is 0 Å². The van der Waals surface area contributed by atoms with Gasteiger partial charge >= 0.3 is 117 Å². The van der Waals surface area contributed by atoms with Gasteiger partial charge in [-0.15, -0.1) is 0 Å². The van der Waals surface area contributed by atoms with Gasteiger partial charge in [-0.25, -0.2) is 0 Å². The molecule has 1 nitrogen and oxygen atoms in total. The molecule has 1 heterocycles. The van der Waals surface area contributed by atoms with Gasteiger partial charge in [0.05, 0.1) is 0 Å². The molecule has 1 aromatic carbocycles. The van der Waals surface area contributed by atoms with Crippen molar-refractivity contribution in [2.45, 2.75) is 45.0 Å². The Balaban J connectivity index is 1.94. The van der Waals surface area contributed by atoms with E-state index in [9.17, 15) is 0 Å². The summed E-state index contributed by atoms with van der Waals surface area (Å²) < 4.78 is 7.55. The van der Waals surface area contributed by atoms with Gasteiger partial charge in [-0.05, 0) is 0 Å². The van der Waals surface area contributed by atoms with Gasteiger partial charge in [-0.3, -0.25) is 0 Å². The third kappa shape index (κ3) is 3.85. The molecule has 0 unspecified atom stereocenters. The van der Waals surface area contributed by atoms with E-state index in [0.717, 1.165) is 12.5 Å². The van der Waals surface area contributed by atoms with Crippen molar-refractivity contribution < 1.29 is 4.74 Å². The molecule has 1 fully saturated rings. The van der Waals surface area contributed by atoms with Gasteiger partial charge in [0.1, 0.15) is 0 Å². The van der Waals surface area contributed by atoms with E-state index in [1.54, 1.807) is 0 Å². The summed E-state index contributed by atoms with van der Waals surface area (Å²) in [4.78, 5) is 0. The molecule has 0 saturated carbocycles. The molecule has 18 heavy (non-hydrogen) atoms. The van der Waals surface area contributed by atoms with Crippen molar-refractivity contribution in [3.63, 3.8) is 0 Å². The molecule has 2 atom stereocenters. The summed E-state index contributed by atoms with van der Waals surface area (Å²) in [5.74, 6) is 0.719. The van der Waals surface area contributed by atoms with E-state index in [2.05, 4.69) is 51.1 Å². The van der Waals surface area contributed by atoms with Crippen LogP contribution in [0.15, 0.2) is 30.3 Å². The van der Waals surface area contributed by atoms with Crippen LogP contribution in [-0.2, 0) is 4.74 Å². The molecule has 0 aliphatic carbocycles. The maximum atomic E-state index is 6.05. The number of hydrogen-bond acceptors (Lipinski definition) is 1. The van der Waals surface area contributed by atoms with Crippen LogP contribution in [0.5, 0.6) is 0 Å². The number of rotatable bonds is 3. The van der Waals surface area contributed by atoms with E-state index in [-0.39, 0.29) is 0 Å². The van der Waals surface area contributed by atoms with E-state index >= 15 is 0 Å². The second kappa shape index (κ2) is 6.23. The zero-order valence-corrected chi connectivity index (χ0v) is 13.4. The summed E-state index contributed by atoms with van der Waals surface area (Å²) >= 11 is 0.548. The van der Waals surface area contributed by atoms with Gasteiger partial charge in [0.25, 0.3) is 0 Å². The van der Waals surface area contributed by atoms with E-state index < -0.39 is 0 Å². The summed E-state index contributed by atoms with van der Waals surface area (Å²) in [6.07, 6.45) is 3.04. The van der Waals surface area contributed by atoms with Gasteiger partial charge in [0.2, 0.25) is 0 Å². The van der Waals surface area contributed by atoms with Crippen molar-refractivity contribution in [1.29, 1.82) is 0 Å². The van der Waals surface area contributed by atoms with E-state index in [4.69, 9.17) is 4.74 Å². The SMILES string of the molecule is CC(C)(C)[C@@H]1CCCO[C@H]1C[Se]c1ccccc1. The molecule has 0 bridgehead atoms. The van der Waals surface area contributed by atoms with Crippen molar-refractivity contribution in [1.82, 2.24) is 0 Å². The Morgan fingerprint density at radius 1 is 1.22 bits per heavy atom. The topological polar surface area (TPSA) is 9.23 Å². The first kappa shape index (κ1) is 14.1. The van der Waals surface area contributed by atoms with E-state index in [0.29, 0.717) is 26.5 Å². The first-order valence-electron chi connectivity index (χ1n) is 6.87. The molecule has 0 N–H and O–H groups in total. The Labute approximate surface area is 117 Å². The molecule has 0 radical (unpaired) electrons. The average Bonchev–Trinajstić information content (AvgIpc) is 2.37. The quantitative estimate of drug-likeness (QED) is 0.779. The molecule has 0 amide bonds. The van der Waals surface area contributed by atoms with Crippen molar-refractivity contribution in [2.75, 3.05) is 6.61 Å². The molecule has 0 spiro atoms. The second-order valence-electron chi connectivity index (χ2n) is 6.15. The zero-order valence-electron chi connectivity index (χ0n) is 11.7. The fraction of sp³-hybridized carbons (Fsp3) is 0.625. The van der Waals surface area contributed by atoms with Crippen LogP contribution in [0, 0.1) is 11.3 Å². The van der Waals surface area contributed by atoms with Crippen LogP contribution in [0.25, 0.3) is 0 Å². The molecule has 100 valence electrons. The molecule has 1 aliphatic rings. The minimum absolute atomic E-state index is 0.373. The Morgan fingerprint density at radius 2 is 1.94 bits per heavy atom. The van der Waals surface area contributed by atoms with Crippen LogP contribution >= 0.6 is 0 Å². The Kier molecular flexibility index (Phi) is 4.89. The first-order valence-corrected chi connectivity index (χ1v) is 8.93. The first-order chi connectivity index (χ1) is 8.57. The van der Waals surface area contributed by atoms with E-state index in [1.165, 1.54) is 22.6 Å². The van der Waals surface area contributed by atoms with Crippen LogP contribution in [0.3, 0.4) is 0 Å². The van der Waals surface area contributed by atoms with Crippen molar-refractivity contribution >= 4 is 19.4 Å². The normalized spacial score (nSPS) is 25.1. The summed E-state index contributed by atoms with van der Waals surface area (Å²) in [7, 11) is 0.